The van der Waals surface area contributed by atoms with E-state index >= 15 is 4.39 Å². The highest BCUT2D eigenvalue weighted by molar-refractivity contribution is 6.01. The highest BCUT2D eigenvalue weighted by Gasteiger charge is 2.34. The predicted molar refractivity (Wildman–Crippen MR) is 150 cm³/mol. The van der Waals surface area contributed by atoms with Crippen LogP contribution in [0.1, 0.15) is 69.4 Å². The van der Waals surface area contributed by atoms with Crippen LogP contribution in [0.5, 0.6) is 5.75 Å². The summed E-state index contributed by atoms with van der Waals surface area (Å²) < 4.78 is 28.6. The summed E-state index contributed by atoms with van der Waals surface area (Å²) in [4.78, 5) is 28.8. The Balaban J connectivity index is 1.86. The highest BCUT2D eigenvalue weighted by atomic mass is 19.1. The maximum absolute atomic E-state index is 15.5. The summed E-state index contributed by atoms with van der Waals surface area (Å²) in [6.07, 6.45) is 3.36. The third kappa shape index (κ3) is 5.02. The van der Waals surface area contributed by atoms with Crippen LogP contribution in [0.15, 0.2) is 29.1 Å². The molecule has 1 N–H and O–H groups in total. The SMILES string of the molecule is Cc1c(-c2c([C@H](OC(C)(C)C)C(=O)O)n(C)c(=O)c3cc(N4CCCCC4)ccc23)cc(F)c2c1CCCO2. The molecule has 7 nitrogen and oxygen atoms in total. The van der Waals surface area contributed by atoms with Crippen LogP contribution in [-0.4, -0.2) is 40.9 Å². The highest BCUT2D eigenvalue weighted by Crippen LogP contribution is 2.43. The summed E-state index contributed by atoms with van der Waals surface area (Å²) in [5.74, 6) is -1.46. The van der Waals surface area contributed by atoms with Gasteiger partial charge in [0, 0.05) is 42.3 Å². The van der Waals surface area contributed by atoms with Crippen molar-refractivity contribution in [1.82, 2.24) is 4.57 Å². The van der Waals surface area contributed by atoms with E-state index in [4.69, 9.17) is 9.47 Å². The topological polar surface area (TPSA) is 81.0 Å². The summed E-state index contributed by atoms with van der Waals surface area (Å²) in [6, 6.07) is 7.16. The Labute approximate surface area is 228 Å². The van der Waals surface area contributed by atoms with Gasteiger partial charge in [-0.1, -0.05) is 6.07 Å². The Hall–Kier alpha value is -3.39. The number of carbonyl (C=O) groups is 1. The van der Waals surface area contributed by atoms with E-state index in [1.807, 2.05) is 25.1 Å². The first kappa shape index (κ1) is 27.2. The quantitative estimate of drug-likeness (QED) is 0.437. The molecule has 39 heavy (non-hydrogen) atoms. The summed E-state index contributed by atoms with van der Waals surface area (Å²) in [6.45, 7) is 9.52. The number of carboxylic acid groups (broad SMARTS) is 1. The van der Waals surface area contributed by atoms with E-state index in [2.05, 4.69) is 4.90 Å². The second-order valence-electron chi connectivity index (χ2n) is 11.6. The third-order valence-electron chi connectivity index (χ3n) is 7.80. The predicted octanol–water partition coefficient (Wildman–Crippen LogP) is 5.91. The molecule has 0 saturated carbocycles. The fourth-order valence-electron chi connectivity index (χ4n) is 5.96. The number of fused-ring (bicyclic) bond motifs is 2. The van der Waals surface area contributed by atoms with Crippen molar-refractivity contribution in [1.29, 1.82) is 0 Å². The van der Waals surface area contributed by atoms with Gasteiger partial charge in [0.2, 0.25) is 0 Å². The zero-order valence-electron chi connectivity index (χ0n) is 23.4. The molecule has 1 fully saturated rings. The lowest BCUT2D eigenvalue weighted by Crippen LogP contribution is -2.33. The molecule has 0 amide bonds. The molecule has 3 aromatic rings. The van der Waals surface area contributed by atoms with Crippen LogP contribution < -0.4 is 15.2 Å². The lowest BCUT2D eigenvalue weighted by Gasteiger charge is -2.31. The smallest absolute Gasteiger partial charge is 0.339 e. The minimum Gasteiger partial charge on any atom is -0.490 e. The number of ether oxygens (including phenoxy) is 2. The summed E-state index contributed by atoms with van der Waals surface area (Å²) >= 11 is 0. The largest absolute Gasteiger partial charge is 0.490 e. The third-order valence-corrected chi connectivity index (χ3v) is 7.80. The second-order valence-corrected chi connectivity index (χ2v) is 11.6. The molecule has 1 atom stereocenters. The Kier molecular flexibility index (Phi) is 7.18. The van der Waals surface area contributed by atoms with Gasteiger partial charge >= 0.3 is 5.97 Å². The van der Waals surface area contributed by atoms with Crippen LogP contribution in [0.4, 0.5) is 10.1 Å². The van der Waals surface area contributed by atoms with Gasteiger partial charge in [0.25, 0.3) is 5.56 Å². The Bertz CT molecular complexity index is 1500. The minimum absolute atomic E-state index is 0.194. The number of benzene rings is 2. The fourth-order valence-corrected chi connectivity index (χ4v) is 5.96. The molecule has 2 aliphatic rings. The maximum atomic E-state index is 15.5. The molecule has 2 aromatic carbocycles. The molecule has 2 aliphatic heterocycles. The minimum atomic E-state index is -1.45. The molecular weight excluding hydrogens is 499 g/mol. The van der Waals surface area contributed by atoms with Gasteiger partial charge in [-0.2, -0.15) is 0 Å². The molecular formula is C31H37FN2O5. The number of hydrogen-bond acceptors (Lipinski definition) is 5. The van der Waals surface area contributed by atoms with E-state index in [0.717, 1.165) is 49.2 Å². The number of piperidine rings is 1. The monoisotopic (exact) mass is 536 g/mol. The molecule has 5 rings (SSSR count). The van der Waals surface area contributed by atoms with E-state index in [1.165, 1.54) is 17.1 Å². The normalized spacial score (nSPS) is 16.6. The number of aliphatic carboxylic acids is 1. The van der Waals surface area contributed by atoms with Crippen molar-refractivity contribution in [3.63, 3.8) is 0 Å². The van der Waals surface area contributed by atoms with Gasteiger partial charge in [-0.15, -0.1) is 0 Å². The van der Waals surface area contributed by atoms with Gasteiger partial charge in [0.1, 0.15) is 0 Å². The number of nitrogens with zero attached hydrogens (tertiary/aromatic N) is 2. The molecule has 0 radical (unpaired) electrons. The van der Waals surface area contributed by atoms with Gasteiger partial charge < -0.3 is 24.0 Å². The van der Waals surface area contributed by atoms with Gasteiger partial charge in [0.05, 0.1) is 17.9 Å². The van der Waals surface area contributed by atoms with Crippen LogP contribution in [0, 0.1) is 12.7 Å². The lowest BCUT2D eigenvalue weighted by molar-refractivity contribution is -0.161. The Morgan fingerprint density at radius 3 is 2.49 bits per heavy atom. The molecule has 1 aromatic heterocycles. The van der Waals surface area contributed by atoms with E-state index in [1.54, 1.807) is 27.8 Å². The number of aromatic nitrogens is 1. The van der Waals surface area contributed by atoms with Crippen LogP contribution in [0.2, 0.25) is 0 Å². The molecule has 0 unspecified atom stereocenters. The summed E-state index contributed by atoms with van der Waals surface area (Å²) in [5, 5.41) is 11.4. The molecule has 0 bridgehead atoms. The number of anilines is 1. The fraction of sp³-hybridized carbons (Fsp3) is 0.484. The first-order valence-electron chi connectivity index (χ1n) is 13.8. The molecule has 1 saturated heterocycles. The summed E-state index contributed by atoms with van der Waals surface area (Å²) in [5.41, 5.74) is 2.66. The van der Waals surface area contributed by atoms with Crippen LogP contribution in [-0.2, 0) is 23.0 Å². The van der Waals surface area contributed by atoms with E-state index in [0.29, 0.717) is 34.9 Å². The van der Waals surface area contributed by atoms with E-state index in [-0.39, 0.29) is 17.0 Å². The van der Waals surface area contributed by atoms with Crippen LogP contribution in [0.3, 0.4) is 0 Å². The van der Waals surface area contributed by atoms with Gasteiger partial charge in [0.15, 0.2) is 17.7 Å². The molecule has 3 heterocycles. The average Bonchev–Trinajstić information content (AvgIpc) is 2.91. The van der Waals surface area contributed by atoms with Gasteiger partial charge in [-0.3, -0.25) is 4.79 Å². The van der Waals surface area contributed by atoms with Crippen molar-refractivity contribution in [3.8, 4) is 16.9 Å². The average molecular weight is 537 g/mol. The molecule has 8 heteroatoms. The standard InChI is InChI=1S/C31H37FN2O5/c1-18-20-10-9-15-38-27(20)24(32)17-22(18)25-21-12-11-19(34-13-7-6-8-14-34)16-23(21)29(35)33(5)26(25)28(30(36)37)39-31(2,3)4/h11-12,16-17,28H,6-10,13-15H2,1-5H3,(H,36,37)/t28-/m0/s1. The lowest BCUT2D eigenvalue weighted by atomic mass is 9.87. The number of carboxylic acids is 1. The zero-order chi connectivity index (χ0) is 28.1. The number of pyridine rings is 1. The molecule has 0 aliphatic carbocycles. The molecule has 208 valence electrons. The Morgan fingerprint density at radius 2 is 1.82 bits per heavy atom. The van der Waals surface area contributed by atoms with E-state index in [9.17, 15) is 14.7 Å². The van der Waals surface area contributed by atoms with Crippen molar-refractivity contribution in [2.75, 3.05) is 24.6 Å². The first-order valence-corrected chi connectivity index (χ1v) is 13.8. The van der Waals surface area contributed by atoms with Gasteiger partial charge in [-0.05, 0) is 94.5 Å². The van der Waals surface area contributed by atoms with Crippen LogP contribution in [0.25, 0.3) is 21.9 Å². The van der Waals surface area contributed by atoms with Crippen molar-refractivity contribution >= 4 is 22.4 Å². The summed E-state index contributed by atoms with van der Waals surface area (Å²) in [7, 11) is 1.57. The zero-order valence-corrected chi connectivity index (χ0v) is 23.4. The Morgan fingerprint density at radius 1 is 1.10 bits per heavy atom. The van der Waals surface area contributed by atoms with E-state index < -0.39 is 23.5 Å². The van der Waals surface area contributed by atoms with Crippen molar-refractivity contribution in [3.05, 3.63) is 57.3 Å². The number of halogens is 1. The molecule has 0 spiro atoms. The number of rotatable bonds is 5. The second kappa shape index (κ2) is 10.3. The van der Waals surface area contributed by atoms with Crippen molar-refractivity contribution < 1.29 is 23.8 Å². The first-order chi connectivity index (χ1) is 18.5. The van der Waals surface area contributed by atoms with Crippen molar-refractivity contribution in [2.24, 2.45) is 7.05 Å². The van der Waals surface area contributed by atoms with Gasteiger partial charge in [-0.25, -0.2) is 9.18 Å². The van der Waals surface area contributed by atoms with Crippen LogP contribution >= 0.6 is 0 Å². The van der Waals surface area contributed by atoms with Crippen molar-refractivity contribution in [2.45, 2.75) is 71.5 Å². The number of hydrogen-bond donors (Lipinski definition) is 1. The maximum Gasteiger partial charge on any atom is 0.339 e.